The zero-order chi connectivity index (χ0) is 38.6. The topological polar surface area (TPSA) is 105 Å². The van der Waals surface area contributed by atoms with E-state index in [1.54, 1.807) is 6.08 Å². The van der Waals surface area contributed by atoms with Gasteiger partial charge in [-0.25, -0.2) is 4.57 Å². The van der Waals surface area contributed by atoms with Crippen molar-refractivity contribution >= 4 is 13.7 Å². The van der Waals surface area contributed by atoms with Gasteiger partial charge in [0.15, 0.2) is 0 Å². The maximum absolute atomic E-state index is 12.8. The fourth-order valence-electron chi connectivity index (χ4n) is 5.59. The van der Waals surface area contributed by atoms with Crippen LogP contribution < -0.4 is 5.32 Å². The van der Waals surface area contributed by atoms with E-state index in [0.717, 1.165) is 57.8 Å². The lowest BCUT2D eigenvalue weighted by Crippen LogP contribution is -2.45. The Labute approximate surface area is 320 Å². The predicted molar refractivity (Wildman–Crippen MR) is 221 cm³/mol. The van der Waals surface area contributed by atoms with E-state index in [1.807, 2.05) is 27.2 Å². The lowest BCUT2D eigenvalue weighted by Gasteiger charge is -2.25. The fraction of sp³-hybridized carbons (Fsp3) is 0.791. The summed E-state index contributed by atoms with van der Waals surface area (Å²) in [5, 5.41) is 13.7. The van der Waals surface area contributed by atoms with Crippen LogP contribution in [0.5, 0.6) is 0 Å². The van der Waals surface area contributed by atoms with Gasteiger partial charge in [0.25, 0.3) is 0 Å². The highest BCUT2D eigenvalue weighted by Crippen LogP contribution is 2.43. The van der Waals surface area contributed by atoms with Gasteiger partial charge in [-0.3, -0.25) is 13.8 Å². The number of hydrogen-bond donors (Lipinski definition) is 3. The summed E-state index contributed by atoms with van der Waals surface area (Å²) >= 11 is 0. The van der Waals surface area contributed by atoms with Crippen molar-refractivity contribution in [1.29, 1.82) is 0 Å². The molecule has 3 unspecified atom stereocenters. The molecule has 0 heterocycles. The van der Waals surface area contributed by atoms with Gasteiger partial charge in [0.2, 0.25) is 5.91 Å². The minimum Gasteiger partial charge on any atom is -0.387 e. The highest BCUT2D eigenvalue weighted by molar-refractivity contribution is 7.47. The number of likely N-dealkylation sites (N-methyl/N-ethyl adjacent to an activating group) is 1. The van der Waals surface area contributed by atoms with Gasteiger partial charge in [0, 0.05) is 6.42 Å². The third-order valence-corrected chi connectivity index (χ3v) is 9.98. The molecule has 0 saturated carbocycles. The number of rotatable bonds is 37. The summed E-state index contributed by atoms with van der Waals surface area (Å²) in [7, 11) is 1.53. The van der Waals surface area contributed by atoms with Crippen molar-refractivity contribution in [2.75, 3.05) is 40.9 Å². The molecule has 0 spiro atoms. The summed E-state index contributed by atoms with van der Waals surface area (Å²) in [6, 6.07) is -0.872. The zero-order valence-corrected chi connectivity index (χ0v) is 35.2. The van der Waals surface area contributed by atoms with E-state index in [0.29, 0.717) is 17.4 Å². The first kappa shape index (κ1) is 50.5. The third kappa shape index (κ3) is 36.8. The van der Waals surface area contributed by atoms with E-state index < -0.39 is 20.0 Å². The Kier molecular flexibility index (Phi) is 34.1. The van der Waals surface area contributed by atoms with Crippen molar-refractivity contribution in [3.05, 3.63) is 48.6 Å². The SMILES string of the molecule is CCCCCC/C=C/CC/C=C/CC/C=C/C(O)C(COP(=O)(O)OCC[N+](C)(C)C)NC(=O)CCCCCCC/C=C\CCCCCCCCC. The standard InChI is InChI=1S/C43H81N2O6P/c1-6-8-10-12-14-16-18-20-22-23-25-27-29-31-33-35-37-43(47)44-41(40-51-52(48,49)50-39-38-45(3,4)5)42(46)36-34-32-30-28-26-24-21-19-17-15-13-11-9-7-2/h17,19,22-23,26,28,34,36,41-42,46H,6-16,18,20-21,24-25,27,29-33,35,37-40H2,1-5H3,(H-,44,47,48,49)/p+1/b19-17+,23-22-,28-26+,36-34+. The van der Waals surface area contributed by atoms with Crippen LogP contribution in [0.1, 0.15) is 168 Å². The van der Waals surface area contributed by atoms with Crippen LogP contribution in [-0.2, 0) is 18.4 Å². The number of aliphatic hydroxyl groups excluding tert-OH is 1. The molecule has 9 heteroatoms. The molecule has 0 aromatic carbocycles. The van der Waals surface area contributed by atoms with Gasteiger partial charge in [0.1, 0.15) is 13.2 Å². The normalized spacial score (nSPS) is 15.0. The van der Waals surface area contributed by atoms with Gasteiger partial charge in [-0.2, -0.15) is 0 Å². The molecule has 0 bridgehead atoms. The van der Waals surface area contributed by atoms with Crippen LogP contribution in [0.3, 0.4) is 0 Å². The Morgan fingerprint density at radius 2 is 1.06 bits per heavy atom. The quantitative estimate of drug-likeness (QED) is 0.0252. The van der Waals surface area contributed by atoms with Crippen molar-refractivity contribution in [1.82, 2.24) is 5.32 Å². The number of carbonyl (C=O) groups is 1. The van der Waals surface area contributed by atoms with Crippen molar-refractivity contribution in [2.24, 2.45) is 0 Å². The molecule has 0 aromatic rings. The van der Waals surface area contributed by atoms with Crippen LogP contribution in [0, 0.1) is 0 Å². The molecule has 304 valence electrons. The summed E-state index contributed by atoms with van der Waals surface area (Å²) in [6.07, 6.45) is 43.2. The molecule has 0 aliphatic rings. The second-order valence-electron chi connectivity index (χ2n) is 15.3. The monoisotopic (exact) mass is 754 g/mol. The number of quaternary nitrogens is 1. The third-order valence-electron chi connectivity index (χ3n) is 9.00. The van der Waals surface area contributed by atoms with Crippen molar-refractivity contribution in [3.8, 4) is 0 Å². The molecule has 0 saturated heterocycles. The molecule has 0 rings (SSSR count). The molecule has 1 amide bonds. The van der Waals surface area contributed by atoms with Gasteiger partial charge < -0.3 is 19.8 Å². The van der Waals surface area contributed by atoms with Gasteiger partial charge in [-0.15, -0.1) is 0 Å². The van der Waals surface area contributed by atoms with E-state index in [1.165, 1.54) is 89.9 Å². The van der Waals surface area contributed by atoms with Crippen LogP contribution >= 0.6 is 7.82 Å². The first-order valence-corrected chi connectivity index (χ1v) is 22.5. The van der Waals surface area contributed by atoms with Gasteiger partial charge in [0.05, 0.1) is 39.9 Å². The lowest BCUT2D eigenvalue weighted by molar-refractivity contribution is -0.870. The Bertz CT molecular complexity index is 991. The molecule has 3 atom stereocenters. The highest BCUT2D eigenvalue weighted by Gasteiger charge is 2.27. The average molecular weight is 754 g/mol. The number of unbranched alkanes of at least 4 members (excludes halogenated alkanes) is 18. The molecule has 3 N–H and O–H groups in total. The summed E-state index contributed by atoms with van der Waals surface area (Å²) in [4.78, 5) is 23.0. The molecular formula is C43H82N2O6P+. The maximum Gasteiger partial charge on any atom is 0.472 e. The Balaban J connectivity index is 4.56. The van der Waals surface area contributed by atoms with Crippen molar-refractivity contribution < 1.29 is 32.9 Å². The molecule has 0 radical (unpaired) electrons. The van der Waals surface area contributed by atoms with Crippen molar-refractivity contribution in [2.45, 2.75) is 180 Å². The van der Waals surface area contributed by atoms with Crippen LogP contribution in [0.4, 0.5) is 0 Å². The summed E-state index contributed by atoms with van der Waals surface area (Å²) in [6.45, 7) is 4.73. The second-order valence-corrected chi connectivity index (χ2v) is 16.8. The Morgan fingerprint density at radius 3 is 1.56 bits per heavy atom. The van der Waals surface area contributed by atoms with E-state index in [4.69, 9.17) is 9.05 Å². The molecule has 0 aliphatic heterocycles. The number of nitrogens with one attached hydrogen (secondary N) is 1. The van der Waals surface area contributed by atoms with E-state index in [9.17, 15) is 19.4 Å². The minimum atomic E-state index is -4.35. The lowest BCUT2D eigenvalue weighted by atomic mass is 10.1. The number of hydrogen-bond acceptors (Lipinski definition) is 5. The number of phosphoric acid groups is 1. The smallest absolute Gasteiger partial charge is 0.387 e. The molecule has 8 nitrogen and oxygen atoms in total. The molecular weight excluding hydrogens is 671 g/mol. The first-order valence-electron chi connectivity index (χ1n) is 21.0. The second kappa shape index (κ2) is 35.2. The molecule has 0 aromatic heterocycles. The van der Waals surface area contributed by atoms with E-state index in [2.05, 4.69) is 55.6 Å². The summed E-state index contributed by atoms with van der Waals surface area (Å²) in [5.41, 5.74) is 0. The highest BCUT2D eigenvalue weighted by atomic mass is 31.2. The van der Waals surface area contributed by atoms with E-state index >= 15 is 0 Å². The van der Waals surface area contributed by atoms with Crippen LogP contribution in [0.2, 0.25) is 0 Å². The zero-order valence-electron chi connectivity index (χ0n) is 34.3. The maximum atomic E-state index is 12.8. The summed E-state index contributed by atoms with van der Waals surface area (Å²) < 4.78 is 23.5. The number of phosphoric ester groups is 1. The minimum absolute atomic E-state index is 0.0507. The number of carbonyl (C=O) groups excluding carboxylic acids is 1. The number of nitrogens with zero attached hydrogens (tertiary/aromatic N) is 1. The largest absolute Gasteiger partial charge is 0.472 e. The number of amides is 1. The number of allylic oxidation sites excluding steroid dienone is 7. The van der Waals surface area contributed by atoms with Crippen LogP contribution in [0.15, 0.2) is 48.6 Å². The first-order chi connectivity index (χ1) is 25.0. The average Bonchev–Trinajstić information content (AvgIpc) is 3.09. The Hall–Kier alpha value is -1.54. The van der Waals surface area contributed by atoms with E-state index in [-0.39, 0.29) is 19.1 Å². The van der Waals surface area contributed by atoms with Crippen LogP contribution in [-0.4, -0.2) is 73.4 Å². The molecule has 0 fully saturated rings. The van der Waals surface area contributed by atoms with Gasteiger partial charge >= 0.3 is 7.82 Å². The summed E-state index contributed by atoms with van der Waals surface area (Å²) in [5.74, 6) is -0.203. The van der Waals surface area contributed by atoms with Crippen molar-refractivity contribution in [3.63, 3.8) is 0 Å². The molecule has 52 heavy (non-hydrogen) atoms. The number of aliphatic hydroxyl groups is 1. The Morgan fingerprint density at radius 1 is 0.635 bits per heavy atom. The van der Waals surface area contributed by atoms with Gasteiger partial charge in [-0.05, 0) is 70.6 Å². The van der Waals surface area contributed by atoms with Crippen LogP contribution in [0.25, 0.3) is 0 Å². The molecule has 0 aliphatic carbocycles. The fourth-order valence-corrected chi connectivity index (χ4v) is 6.33. The predicted octanol–water partition coefficient (Wildman–Crippen LogP) is 11.3. The van der Waals surface area contributed by atoms with Gasteiger partial charge in [-0.1, -0.05) is 140 Å².